The van der Waals surface area contributed by atoms with Gasteiger partial charge in [0.05, 0.1) is 6.54 Å². The molecule has 0 aliphatic carbocycles. The van der Waals surface area contributed by atoms with Crippen LogP contribution in [0.1, 0.15) is 24.0 Å². The van der Waals surface area contributed by atoms with Crippen LogP contribution >= 0.6 is 0 Å². The predicted octanol–water partition coefficient (Wildman–Crippen LogP) is 0.748. The van der Waals surface area contributed by atoms with E-state index in [4.69, 9.17) is 10.5 Å². The van der Waals surface area contributed by atoms with Crippen LogP contribution in [0, 0.1) is 13.8 Å². The number of rotatable bonds is 6. The molecule has 1 aliphatic rings. The van der Waals surface area contributed by atoms with Crippen molar-refractivity contribution in [3.05, 3.63) is 29.3 Å². The number of hydrogen-bond donors (Lipinski definition) is 2. The number of nitrogens with two attached hydrogens (primary N) is 1. The Balaban J connectivity index is 1.72. The SMILES string of the molecule is Cc1ccc(OCC(=O)NC2CCN(CC(N)=O)CC2)c(C)c1. The van der Waals surface area contributed by atoms with E-state index in [0.717, 1.165) is 37.2 Å². The number of nitrogens with zero attached hydrogens (tertiary/aromatic N) is 1. The van der Waals surface area contributed by atoms with Crippen molar-refractivity contribution in [3.8, 4) is 5.75 Å². The first-order valence-electron chi connectivity index (χ1n) is 7.94. The maximum atomic E-state index is 12.0. The van der Waals surface area contributed by atoms with E-state index in [0.29, 0.717) is 0 Å². The van der Waals surface area contributed by atoms with Crippen LogP contribution < -0.4 is 15.8 Å². The average molecular weight is 319 g/mol. The van der Waals surface area contributed by atoms with Crippen molar-refractivity contribution in [1.29, 1.82) is 0 Å². The highest BCUT2D eigenvalue weighted by molar-refractivity contribution is 5.78. The van der Waals surface area contributed by atoms with Gasteiger partial charge in [0.25, 0.3) is 5.91 Å². The molecule has 0 bridgehead atoms. The van der Waals surface area contributed by atoms with Crippen molar-refractivity contribution in [1.82, 2.24) is 10.2 Å². The van der Waals surface area contributed by atoms with Gasteiger partial charge in [-0.25, -0.2) is 0 Å². The Labute approximate surface area is 137 Å². The fourth-order valence-corrected chi connectivity index (χ4v) is 2.83. The summed E-state index contributed by atoms with van der Waals surface area (Å²) in [6.45, 7) is 5.84. The summed E-state index contributed by atoms with van der Waals surface area (Å²) in [7, 11) is 0. The first-order chi connectivity index (χ1) is 10.9. The summed E-state index contributed by atoms with van der Waals surface area (Å²) >= 11 is 0. The zero-order valence-corrected chi connectivity index (χ0v) is 13.8. The third-order valence-electron chi connectivity index (χ3n) is 4.02. The molecule has 3 N–H and O–H groups in total. The van der Waals surface area contributed by atoms with Gasteiger partial charge in [0, 0.05) is 19.1 Å². The van der Waals surface area contributed by atoms with Crippen molar-refractivity contribution in [3.63, 3.8) is 0 Å². The second-order valence-corrected chi connectivity index (χ2v) is 6.14. The van der Waals surface area contributed by atoms with Crippen LogP contribution in [0.3, 0.4) is 0 Å². The monoisotopic (exact) mass is 319 g/mol. The van der Waals surface area contributed by atoms with Crippen LogP contribution in [0.4, 0.5) is 0 Å². The summed E-state index contributed by atoms with van der Waals surface area (Å²) in [6.07, 6.45) is 1.64. The molecular formula is C17H25N3O3. The number of carbonyl (C=O) groups is 2. The lowest BCUT2D eigenvalue weighted by Crippen LogP contribution is -2.47. The standard InChI is InChI=1S/C17H25N3O3/c1-12-3-4-15(13(2)9-12)23-11-17(22)19-14-5-7-20(8-6-14)10-16(18)21/h3-4,9,14H,5-8,10-11H2,1-2H3,(H2,18,21)(H,19,22). The van der Waals surface area contributed by atoms with E-state index in [1.54, 1.807) is 0 Å². The lowest BCUT2D eigenvalue weighted by atomic mass is 10.1. The molecule has 0 radical (unpaired) electrons. The average Bonchev–Trinajstić information content (AvgIpc) is 2.48. The molecule has 0 unspecified atom stereocenters. The van der Waals surface area contributed by atoms with E-state index < -0.39 is 0 Å². The van der Waals surface area contributed by atoms with E-state index in [9.17, 15) is 9.59 Å². The summed E-state index contributed by atoms with van der Waals surface area (Å²) in [5.41, 5.74) is 7.38. The molecule has 0 spiro atoms. The smallest absolute Gasteiger partial charge is 0.258 e. The van der Waals surface area contributed by atoms with Gasteiger partial charge >= 0.3 is 0 Å². The molecule has 0 saturated carbocycles. The van der Waals surface area contributed by atoms with Crippen molar-refractivity contribution >= 4 is 11.8 Å². The minimum absolute atomic E-state index is 0.0192. The number of carbonyl (C=O) groups excluding carboxylic acids is 2. The number of hydrogen-bond acceptors (Lipinski definition) is 4. The molecule has 2 rings (SSSR count). The van der Waals surface area contributed by atoms with E-state index in [2.05, 4.69) is 5.32 Å². The summed E-state index contributed by atoms with van der Waals surface area (Å²) in [5, 5.41) is 2.99. The van der Waals surface area contributed by atoms with Gasteiger partial charge in [0.1, 0.15) is 5.75 Å². The van der Waals surface area contributed by atoms with Gasteiger partial charge in [-0.3, -0.25) is 14.5 Å². The van der Waals surface area contributed by atoms with E-state index >= 15 is 0 Å². The molecule has 2 amide bonds. The summed E-state index contributed by atoms with van der Waals surface area (Å²) in [4.78, 5) is 24.9. The largest absolute Gasteiger partial charge is 0.484 e. The van der Waals surface area contributed by atoms with E-state index in [1.165, 1.54) is 5.56 Å². The Morgan fingerprint density at radius 1 is 1.30 bits per heavy atom. The molecule has 0 atom stereocenters. The Morgan fingerprint density at radius 2 is 2.00 bits per heavy atom. The Kier molecular flexibility index (Phi) is 5.98. The number of likely N-dealkylation sites (tertiary alicyclic amines) is 1. The molecule has 1 aromatic carbocycles. The number of piperidine rings is 1. The number of aryl methyl sites for hydroxylation is 2. The molecule has 1 heterocycles. The highest BCUT2D eigenvalue weighted by Crippen LogP contribution is 2.18. The number of amides is 2. The van der Waals surface area contributed by atoms with Gasteiger partial charge < -0.3 is 15.8 Å². The minimum atomic E-state index is -0.311. The van der Waals surface area contributed by atoms with Gasteiger partial charge in [-0.15, -0.1) is 0 Å². The van der Waals surface area contributed by atoms with Crippen LogP contribution in [0.15, 0.2) is 18.2 Å². The zero-order chi connectivity index (χ0) is 16.8. The third kappa shape index (κ3) is 5.56. The highest BCUT2D eigenvalue weighted by Gasteiger charge is 2.21. The first-order valence-corrected chi connectivity index (χ1v) is 7.94. The lowest BCUT2D eigenvalue weighted by molar-refractivity contribution is -0.124. The summed E-state index contributed by atoms with van der Waals surface area (Å²) in [5.74, 6) is 0.315. The molecule has 1 saturated heterocycles. The Hall–Kier alpha value is -2.08. The van der Waals surface area contributed by atoms with Crippen LogP contribution in [-0.4, -0.2) is 49.0 Å². The second kappa shape index (κ2) is 7.97. The maximum absolute atomic E-state index is 12.0. The van der Waals surface area contributed by atoms with Crippen LogP contribution in [0.2, 0.25) is 0 Å². The predicted molar refractivity (Wildman–Crippen MR) is 88.2 cm³/mol. The topological polar surface area (TPSA) is 84.7 Å². The Bertz CT molecular complexity index is 566. The number of ether oxygens (including phenoxy) is 1. The van der Waals surface area contributed by atoms with Gasteiger partial charge in [-0.05, 0) is 38.3 Å². The molecule has 0 aromatic heterocycles. The second-order valence-electron chi connectivity index (χ2n) is 6.14. The molecule has 1 aliphatic heterocycles. The van der Waals surface area contributed by atoms with Gasteiger partial charge in [-0.1, -0.05) is 17.7 Å². The molecule has 6 nitrogen and oxygen atoms in total. The number of nitrogens with one attached hydrogen (secondary N) is 1. The quantitative estimate of drug-likeness (QED) is 0.810. The summed E-state index contributed by atoms with van der Waals surface area (Å²) in [6, 6.07) is 6.02. The van der Waals surface area contributed by atoms with Gasteiger partial charge in [-0.2, -0.15) is 0 Å². The van der Waals surface area contributed by atoms with Crippen molar-refractivity contribution < 1.29 is 14.3 Å². The lowest BCUT2D eigenvalue weighted by Gasteiger charge is -2.31. The van der Waals surface area contributed by atoms with E-state index in [-0.39, 0.29) is 31.0 Å². The maximum Gasteiger partial charge on any atom is 0.258 e. The molecular weight excluding hydrogens is 294 g/mol. The van der Waals surface area contributed by atoms with Crippen molar-refractivity contribution in [2.45, 2.75) is 32.7 Å². The van der Waals surface area contributed by atoms with Gasteiger partial charge in [0.15, 0.2) is 6.61 Å². The Morgan fingerprint density at radius 3 is 2.61 bits per heavy atom. The zero-order valence-electron chi connectivity index (χ0n) is 13.8. The fraction of sp³-hybridized carbons (Fsp3) is 0.529. The number of benzene rings is 1. The molecule has 126 valence electrons. The highest BCUT2D eigenvalue weighted by atomic mass is 16.5. The van der Waals surface area contributed by atoms with Crippen molar-refractivity contribution in [2.24, 2.45) is 5.73 Å². The van der Waals surface area contributed by atoms with Crippen molar-refractivity contribution in [2.75, 3.05) is 26.2 Å². The molecule has 1 aromatic rings. The van der Waals surface area contributed by atoms with Crippen LogP contribution in [0.25, 0.3) is 0 Å². The van der Waals surface area contributed by atoms with Gasteiger partial charge in [0.2, 0.25) is 5.91 Å². The minimum Gasteiger partial charge on any atom is -0.484 e. The first kappa shape index (κ1) is 17.3. The molecule has 23 heavy (non-hydrogen) atoms. The summed E-state index contributed by atoms with van der Waals surface area (Å²) < 4.78 is 5.59. The molecule has 1 fully saturated rings. The molecule has 6 heteroatoms. The number of primary amides is 1. The fourth-order valence-electron chi connectivity index (χ4n) is 2.83. The van der Waals surface area contributed by atoms with Crippen LogP contribution in [0.5, 0.6) is 5.75 Å². The van der Waals surface area contributed by atoms with Crippen LogP contribution in [-0.2, 0) is 9.59 Å². The third-order valence-corrected chi connectivity index (χ3v) is 4.02. The van der Waals surface area contributed by atoms with E-state index in [1.807, 2.05) is 36.9 Å². The normalized spacial score (nSPS) is 16.1.